The zero-order valence-corrected chi connectivity index (χ0v) is 27.0. The summed E-state index contributed by atoms with van der Waals surface area (Å²) in [6.07, 6.45) is 0.838. The molecular weight excluding hydrogens is 589 g/mol. The number of carbonyl (C=O) groups excluding carboxylic acids is 2. The van der Waals surface area contributed by atoms with Gasteiger partial charge in [-0.3, -0.25) is 13.9 Å². The maximum Gasteiger partial charge on any atom is 0.264 e. The molecule has 0 saturated heterocycles. The Hall–Kier alpha value is -4.50. The van der Waals surface area contributed by atoms with Gasteiger partial charge in [-0.2, -0.15) is 0 Å². The molecule has 1 N–H and O–H groups in total. The number of carbonyl (C=O) groups is 2. The second kappa shape index (κ2) is 15.0. The van der Waals surface area contributed by atoms with Crippen molar-refractivity contribution < 1.29 is 22.4 Å². The Kier molecular flexibility index (Phi) is 11.1. The molecule has 0 aliphatic rings. The molecule has 0 radical (unpaired) electrons. The van der Waals surface area contributed by atoms with Crippen LogP contribution in [0, 0.1) is 26.6 Å². The third-order valence-corrected chi connectivity index (χ3v) is 9.40. The van der Waals surface area contributed by atoms with Gasteiger partial charge in [0.1, 0.15) is 18.4 Å². The zero-order chi connectivity index (χ0) is 32.6. The van der Waals surface area contributed by atoms with Crippen molar-refractivity contribution in [2.24, 2.45) is 0 Å². The molecule has 45 heavy (non-hydrogen) atoms. The minimum absolute atomic E-state index is 0.0306. The van der Waals surface area contributed by atoms with E-state index in [0.29, 0.717) is 24.2 Å². The molecule has 4 rings (SSSR count). The predicted octanol–water partition coefficient (Wildman–Crippen LogP) is 6.11. The molecule has 0 saturated carbocycles. The number of hydrogen-bond acceptors (Lipinski definition) is 4. The summed E-state index contributed by atoms with van der Waals surface area (Å²) in [5.41, 5.74) is 3.86. The van der Waals surface area contributed by atoms with Crippen molar-refractivity contribution in [2.45, 2.75) is 58.0 Å². The lowest BCUT2D eigenvalue weighted by atomic mass is 10.0. The third kappa shape index (κ3) is 8.36. The number of rotatable bonds is 13. The van der Waals surface area contributed by atoms with Crippen LogP contribution >= 0.6 is 0 Å². The van der Waals surface area contributed by atoms with E-state index in [1.54, 1.807) is 49.4 Å². The molecule has 236 valence electrons. The fraction of sp³-hybridized carbons (Fsp3) is 0.278. The van der Waals surface area contributed by atoms with Crippen LogP contribution in [0.1, 0.15) is 41.2 Å². The molecule has 4 aromatic rings. The zero-order valence-electron chi connectivity index (χ0n) is 26.2. The van der Waals surface area contributed by atoms with Crippen LogP contribution in [-0.2, 0) is 32.6 Å². The lowest BCUT2D eigenvalue weighted by molar-refractivity contribution is -0.140. The van der Waals surface area contributed by atoms with Crippen LogP contribution in [0.15, 0.2) is 102 Å². The summed E-state index contributed by atoms with van der Waals surface area (Å²) in [4.78, 5) is 29.5. The first-order chi connectivity index (χ1) is 21.5. The SMILES string of the molecule is CCCNC(=O)[C@H](Cc1ccccc1)N(Cc1ccccc1F)C(=O)CN(c1ccc(C)cc1C)S(=O)(=O)c1ccc(C)cc1. The lowest BCUT2D eigenvalue weighted by Gasteiger charge is -2.34. The van der Waals surface area contributed by atoms with Crippen molar-refractivity contribution in [1.82, 2.24) is 10.2 Å². The van der Waals surface area contributed by atoms with Crippen molar-refractivity contribution in [3.63, 3.8) is 0 Å². The molecule has 0 aromatic heterocycles. The monoisotopic (exact) mass is 629 g/mol. The first kappa shape index (κ1) is 33.4. The summed E-state index contributed by atoms with van der Waals surface area (Å²) in [6, 6.07) is 26.0. The number of benzene rings is 4. The molecule has 0 bridgehead atoms. The number of hydrogen-bond donors (Lipinski definition) is 1. The van der Waals surface area contributed by atoms with E-state index in [1.807, 2.05) is 57.2 Å². The van der Waals surface area contributed by atoms with Gasteiger partial charge >= 0.3 is 0 Å². The molecule has 0 aliphatic carbocycles. The Morgan fingerprint density at radius 3 is 2.13 bits per heavy atom. The van der Waals surface area contributed by atoms with E-state index in [9.17, 15) is 18.0 Å². The number of nitrogens with one attached hydrogen (secondary N) is 1. The first-order valence-corrected chi connectivity index (χ1v) is 16.5. The lowest BCUT2D eigenvalue weighted by Crippen LogP contribution is -2.53. The molecule has 4 aromatic carbocycles. The van der Waals surface area contributed by atoms with Gasteiger partial charge in [0.25, 0.3) is 10.0 Å². The highest BCUT2D eigenvalue weighted by atomic mass is 32.2. The van der Waals surface area contributed by atoms with E-state index in [2.05, 4.69) is 5.32 Å². The molecule has 0 unspecified atom stereocenters. The number of halogens is 1. The fourth-order valence-corrected chi connectivity index (χ4v) is 6.64. The maximum atomic E-state index is 15.0. The Bertz CT molecular complexity index is 1730. The smallest absolute Gasteiger partial charge is 0.264 e. The van der Waals surface area contributed by atoms with E-state index in [1.165, 1.54) is 23.1 Å². The van der Waals surface area contributed by atoms with Gasteiger partial charge in [0.15, 0.2) is 0 Å². The van der Waals surface area contributed by atoms with Crippen LogP contribution in [0.3, 0.4) is 0 Å². The van der Waals surface area contributed by atoms with Crippen molar-refractivity contribution in [3.05, 3.63) is 131 Å². The van der Waals surface area contributed by atoms with Gasteiger partial charge in [-0.1, -0.05) is 90.8 Å². The molecule has 0 heterocycles. The minimum Gasteiger partial charge on any atom is -0.354 e. The van der Waals surface area contributed by atoms with Crippen molar-refractivity contribution in [2.75, 3.05) is 17.4 Å². The second-order valence-corrected chi connectivity index (χ2v) is 13.1. The van der Waals surface area contributed by atoms with Gasteiger partial charge in [-0.25, -0.2) is 12.8 Å². The summed E-state index contributed by atoms with van der Waals surface area (Å²) in [7, 11) is -4.22. The topological polar surface area (TPSA) is 86.8 Å². The van der Waals surface area contributed by atoms with E-state index < -0.39 is 40.2 Å². The molecule has 0 aliphatic heterocycles. The quantitative estimate of drug-likeness (QED) is 0.193. The highest BCUT2D eigenvalue weighted by Crippen LogP contribution is 2.29. The minimum atomic E-state index is -4.22. The largest absolute Gasteiger partial charge is 0.354 e. The summed E-state index contributed by atoms with van der Waals surface area (Å²) in [5.74, 6) is -1.56. The van der Waals surface area contributed by atoms with Gasteiger partial charge in [-0.15, -0.1) is 0 Å². The highest BCUT2D eigenvalue weighted by Gasteiger charge is 2.35. The van der Waals surface area contributed by atoms with Crippen LogP contribution < -0.4 is 9.62 Å². The van der Waals surface area contributed by atoms with E-state index >= 15 is 4.39 Å². The number of aryl methyl sites for hydroxylation is 3. The number of amides is 2. The number of sulfonamides is 1. The Morgan fingerprint density at radius 2 is 1.49 bits per heavy atom. The number of nitrogens with zero attached hydrogens (tertiary/aromatic N) is 2. The average Bonchev–Trinajstić information content (AvgIpc) is 3.02. The number of anilines is 1. The second-order valence-electron chi connectivity index (χ2n) is 11.2. The van der Waals surface area contributed by atoms with Gasteiger partial charge < -0.3 is 10.2 Å². The van der Waals surface area contributed by atoms with Gasteiger partial charge in [0.2, 0.25) is 11.8 Å². The summed E-state index contributed by atoms with van der Waals surface area (Å²) in [6.45, 7) is 7.04. The van der Waals surface area contributed by atoms with Crippen LogP contribution in [0.25, 0.3) is 0 Å². The van der Waals surface area contributed by atoms with Crippen LogP contribution in [0.4, 0.5) is 10.1 Å². The maximum absolute atomic E-state index is 15.0. The van der Waals surface area contributed by atoms with Crippen LogP contribution in [-0.4, -0.2) is 44.3 Å². The summed E-state index contributed by atoms with van der Waals surface area (Å²) >= 11 is 0. The van der Waals surface area contributed by atoms with E-state index in [-0.39, 0.29) is 23.4 Å². The molecule has 7 nitrogen and oxygen atoms in total. The average molecular weight is 630 g/mol. The standard InChI is InChI=1S/C36H40FN3O4S/c1-5-21-38-36(42)34(23-29-11-7-6-8-12-29)39(24-30-13-9-10-14-32(30)37)35(41)25-40(33-20-17-27(3)22-28(33)4)45(43,44)31-18-15-26(2)16-19-31/h6-20,22,34H,5,21,23-25H2,1-4H3,(H,38,42)/t34-/m0/s1. The van der Waals surface area contributed by atoms with E-state index in [4.69, 9.17) is 0 Å². The summed E-state index contributed by atoms with van der Waals surface area (Å²) in [5, 5.41) is 2.89. The normalized spacial score (nSPS) is 11.9. The first-order valence-electron chi connectivity index (χ1n) is 15.0. The van der Waals surface area contributed by atoms with Crippen molar-refractivity contribution in [3.8, 4) is 0 Å². The van der Waals surface area contributed by atoms with E-state index in [0.717, 1.165) is 21.0 Å². The van der Waals surface area contributed by atoms with Crippen LogP contribution in [0.2, 0.25) is 0 Å². The third-order valence-electron chi connectivity index (χ3n) is 7.63. The van der Waals surface area contributed by atoms with Gasteiger partial charge in [-0.05, 0) is 62.6 Å². The fourth-order valence-electron chi connectivity index (χ4n) is 5.17. The Labute approximate surface area is 265 Å². The predicted molar refractivity (Wildman–Crippen MR) is 176 cm³/mol. The van der Waals surface area contributed by atoms with Gasteiger partial charge in [0, 0.05) is 25.1 Å². The van der Waals surface area contributed by atoms with Crippen LogP contribution in [0.5, 0.6) is 0 Å². The van der Waals surface area contributed by atoms with Gasteiger partial charge in [0.05, 0.1) is 10.6 Å². The Morgan fingerprint density at radius 1 is 0.844 bits per heavy atom. The molecule has 9 heteroatoms. The molecule has 1 atom stereocenters. The molecule has 0 fully saturated rings. The van der Waals surface area contributed by atoms with Crippen molar-refractivity contribution in [1.29, 1.82) is 0 Å². The molecule has 2 amide bonds. The molecular formula is C36H40FN3O4S. The Balaban J connectivity index is 1.83. The summed E-state index contributed by atoms with van der Waals surface area (Å²) < 4.78 is 44.5. The highest BCUT2D eigenvalue weighted by molar-refractivity contribution is 7.92. The molecule has 0 spiro atoms. The van der Waals surface area contributed by atoms with Crippen molar-refractivity contribution >= 4 is 27.5 Å².